The molecular formula is C23H22N2O8. The summed E-state index contributed by atoms with van der Waals surface area (Å²) in [4.78, 5) is 47.6. The average molecular weight is 454 g/mol. The Morgan fingerprint density at radius 2 is 1.67 bits per heavy atom. The van der Waals surface area contributed by atoms with Crippen molar-refractivity contribution in [3.05, 3.63) is 76.1 Å². The van der Waals surface area contributed by atoms with E-state index >= 15 is 0 Å². The minimum Gasteiger partial charge on any atom is -0.480 e. The maximum absolute atomic E-state index is 12.3. The molecule has 0 aliphatic carbocycles. The highest BCUT2D eigenvalue weighted by Gasteiger charge is 2.18. The number of fused-ring (bicyclic) bond motifs is 1. The number of carbonyl (C=O) groups excluding carboxylic acids is 1. The summed E-state index contributed by atoms with van der Waals surface area (Å²) in [7, 11) is 0. The minimum atomic E-state index is -1.22. The van der Waals surface area contributed by atoms with Gasteiger partial charge in [-0.1, -0.05) is 30.3 Å². The van der Waals surface area contributed by atoms with Gasteiger partial charge in [0.2, 0.25) is 0 Å². The van der Waals surface area contributed by atoms with Crippen LogP contribution in [0.2, 0.25) is 0 Å². The van der Waals surface area contributed by atoms with Crippen molar-refractivity contribution >= 4 is 34.6 Å². The molecule has 10 nitrogen and oxygen atoms in total. The third-order valence-electron chi connectivity index (χ3n) is 4.80. The van der Waals surface area contributed by atoms with Crippen molar-refractivity contribution in [2.24, 2.45) is 5.73 Å². The number of hydrogen-bond donors (Lipinski definition) is 3. The van der Waals surface area contributed by atoms with Gasteiger partial charge in [-0.25, -0.2) is 4.79 Å². The summed E-state index contributed by atoms with van der Waals surface area (Å²) in [6.45, 7) is -1.34. The molecule has 0 amide bonds. The van der Waals surface area contributed by atoms with Gasteiger partial charge in [-0.15, -0.1) is 0 Å². The molecule has 2 aromatic carbocycles. The monoisotopic (exact) mass is 454 g/mol. The van der Waals surface area contributed by atoms with Gasteiger partial charge in [-0.2, -0.15) is 0 Å². The third kappa shape index (κ3) is 6.40. The Balaban J connectivity index is 1.79. The summed E-state index contributed by atoms with van der Waals surface area (Å²) in [5, 5.41) is 18.6. The van der Waals surface area contributed by atoms with Crippen LogP contribution in [0.5, 0.6) is 0 Å². The molecule has 0 saturated carbocycles. The fourth-order valence-electron chi connectivity index (χ4n) is 3.31. The van der Waals surface area contributed by atoms with Crippen LogP contribution in [0.1, 0.15) is 11.1 Å². The van der Waals surface area contributed by atoms with Crippen molar-refractivity contribution in [2.75, 3.05) is 18.0 Å². The molecule has 0 saturated heterocycles. The first-order valence-electron chi connectivity index (χ1n) is 9.94. The smallest absolute Gasteiger partial charge is 0.336 e. The molecule has 10 heteroatoms. The molecule has 1 aromatic heterocycles. The Bertz CT molecular complexity index is 1210. The highest BCUT2D eigenvalue weighted by atomic mass is 16.5. The van der Waals surface area contributed by atoms with Gasteiger partial charge in [0.25, 0.3) is 0 Å². The molecule has 0 fully saturated rings. The first-order chi connectivity index (χ1) is 15.7. The largest absolute Gasteiger partial charge is 0.480 e. The zero-order valence-electron chi connectivity index (χ0n) is 17.5. The van der Waals surface area contributed by atoms with Crippen molar-refractivity contribution < 1.29 is 33.8 Å². The van der Waals surface area contributed by atoms with E-state index in [1.807, 2.05) is 30.3 Å². The van der Waals surface area contributed by atoms with Crippen LogP contribution in [0.25, 0.3) is 11.0 Å². The van der Waals surface area contributed by atoms with Crippen LogP contribution in [0.4, 0.5) is 5.69 Å². The minimum absolute atomic E-state index is 0.0976. The van der Waals surface area contributed by atoms with Gasteiger partial charge in [0.05, 0.1) is 0 Å². The van der Waals surface area contributed by atoms with E-state index in [4.69, 9.17) is 25.1 Å². The van der Waals surface area contributed by atoms with Crippen molar-refractivity contribution in [2.45, 2.75) is 19.1 Å². The van der Waals surface area contributed by atoms with Crippen LogP contribution in [0.15, 0.2) is 63.8 Å². The van der Waals surface area contributed by atoms with Gasteiger partial charge in [-0.3, -0.25) is 14.4 Å². The molecule has 0 aliphatic rings. The van der Waals surface area contributed by atoms with Gasteiger partial charge in [0.1, 0.15) is 31.3 Å². The summed E-state index contributed by atoms with van der Waals surface area (Å²) in [5.41, 5.74) is 6.82. The number of nitrogens with two attached hydrogens (primary N) is 1. The van der Waals surface area contributed by atoms with Crippen LogP contribution >= 0.6 is 0 Å². The fourth-order valence-corrected chi connectivity index (χ4v) is 3.31. The van der Waals surface area contributed by atoms with Crippen molar-refractivity contribution in [3.8, 4) is 0 Å². The predicted molar refractivity (Wildman–Crippen MR) is 118 cm³/mol. The fraction of sp³-hybridized carbons (Fsp3) is 0.217. The number of benzene rings is 2. The zero-order chi connectivity index (χ0) is 24.0. The first kappa shape index (κ1) is 23.5. The van der Waals surface area contributed by atoms with E-state index in [2.05, 4.69) is 0 Å². The molecular weight excluding hydrogens is 432 g/mol. The highest BCUT2D eigenvalue weighted by molar-refractivity contribution is 5.86. The van der Waals surface area contributed by atoms with E-state index in [1.54, 1.807) is 0 Å². The number of aliphatic carboxylic acids is 2. The Morgan fingerprint density at radius 3 is 2.30 bits per heavy atom. The lowest BCUT2D eigenvalue weighted by molar-refractivity contribution is -0.146. The molecule has 33 heavy (non-hydrogen) atoms. The van der Waals surface area contributed by atoms with Crippen molar-refractivity contribution in [3.63, 3.8) is 0 Å². The van der Waals surface area contributed by atoms with E-state index in [0.717, 1.165) is 10.5 Å². The predicted octanol–water partition coefficient (Wildman–Crippen LogP) is 1.38. The van der Waals surface area contributed by atoms with Crippen molar-refractivity contribution in [1.82, 2.24) is 0 Å². The third-order valence-corrected chi connectivity index (χ3v) is 4.80. The lowest BCUT2D eigenvalue weighted by Crippen LogP contribution is -2.34. The SMILES string of the molecule is N[C@@H](Cc1ccccc1)C(=O)OCc1cc(=O)oc2cc(N(CC(=O)O)CC(=O)O)ccc12. The molecule has 3 aromatic rings. The number of anilines is 1. The topological polar surface area (TPSA) is 160 Å². The molecule has 0 radical (unpaired) electrons. The van der Waals surface area contributed by atoms with Crippen LogP contribution < -0.4 is 16.3 Å². The molecule has 0 unspecified atom stereocenters. The van der Waals surface area contributed by atoms with E-state index in [-0.39, 0.29) is 17.9 Å². The molecule has 0 bridgehead atoms. The van der Waals surface area contributed by atoms with Crippen LogP contribution in [-0.4, -0.2) is 47.3 Å². The summed E-state index contributed by atoms with van der Waals surface area (Å²) >= 11 is 0. The Morgan fingerprint density at radius 1 is 1.00 bits per heavy atom. The quantitative estimate of drug-likeness (QED) is 0.301. The second kappa shape index (κ2) is 10.4. The second-order valence-electron chi connectivity index (χ2n) is 7.32. The zero-order valence-corrected chi connectivity index (χ0v) is 17.5. The highest BCUT2D eigenvalue weighted by Crippen LogP contribution is 2.24. The summed E-state index contributed by atoms with van der Waals surface area (Å²) in [6.07, 6.45) is 0.295. The van der Waals surface area contributed by atoms with E-state index < -0.39 is 42.7 Å². The number of rotatable bonds is 10. The summed E-state index contributed by atoms with van der Waals surface area (Å²) < 4.78 is 10.5. The Kier molecular flexibility index (Phi) is 7.42. The molecule has 1 heterocycles. The summed E-state index contributed by atoms with van der Waals surface area (Å²) in [6, 6.07) is 13.9. The Hall–Kier alpha value is -4.18. The number of hydrogen-bond acceptors (Lipinski definition) is 8. The van der Waals surface area contributed by atoms with E-state index in [1.165, 1.54) is 24.3 Å². The molecule has 0 aliphatic heterocycles. The molecule has 172 valence electrons. The average Bonchev–Trinajstić information content (AvgIpc) is 2.76. The molecule has 3 rings (SSSR count). The van der Waals surface area contributed by atoms with Gasteiger partial charge in [0.15, 0.2) is 0 Å². The number of carbonyl (C=O) groups is 3. The van der Waals surface area contributed by atoms with Gasteiger partial charge in [-0.05, 0) is 24.1 Å². The van der Waals surface area contributed by atoms with Crippen LogP contribution in [-0.2, 0) is 32.1 Å². The van der Waals surface area contributed by atoms with E-state index in [0.29, 0.717) is 17.4 Å². The lowest BCUT2D eigenvalue weighted by atomic mass is 10.1. The normalized spacial score (nSPS) is 11.7. The van der Waals surface area contributed by atoms with Crippen LogP contribution in [0, 0.1) is 0 Å². The number of esters is 1. The number of ether oxygens (including phenoxy) is 1. The number of nitrogens with zero attached hydrogens (tertiary/aromatic N) is 1. The molecule has 4 N–H and O–H groups in total. The van der Waals surface area contributed by atoms with Crippen LogP contribution in [0.3, 0.4) is 0 Å². The van der Waals surface area contributed by atoms with Gasteiger partial charge in [0, 0.05) is 28.8 Å². The number of carboxylic acid groups (broad SMARTS) is 2. The second-order valence-corrected chi connectivity index (χ2v) is 7.32. The maximum Gasteiger partial charge on any atom is 0.336 e. The maximum atomic E-state index is 12.3. The lowest BCUT2D eigenvalue weighted by Gasteiger charge is -2.21. The van der Waals surface area contributed by atoms with Gasteiger partial charge >= 0.3 is 23.5 Å². The molecule has 0 spiro atoms. The molecule has 1 atom stereocenters. The number of carboxylic acids is 2. The Labute approximate surface area is 187 Å². The van der Waals surface area contributed by atoms with Gasteiger partial charge < -0.3 is 30.0 Å². The first-order valence-corrected chi connectivity index (χ1v) is 9.94. The summed E-state index contributed by atoms with van der Waals surface area (Å²) in [5.74, 6) is -3.07. The standard InChI is InChI=1S/C23H22N2O8/c24-18(8-14-4-2-1-3-5-14)23(31)32-13-15-9-22(30)33-19-10-16(6-7-17(15)19)25(11-20(26)27)12-21(28)29/h1-7,9-10,18H,8,11-13,24H2,(H,26,27)(H,28,29)/t18-/m0/s1. The van der Waals surface area contributed by atoms with Crippen molar-refractivity contribution in [1.29, 1.82) is 0 Å². The van der Waals surface area contributed by atoms with E-state index in [9.17, 15) is 19.2 Å².